The number of rotatable bonds is 3. The van der Waals surface area contributed by atoms with Crippen LogP contribution in [0.15, 0.2) is 84.5 Å². The molecule has 0 heteroatoms. The molecule has 0 amide bonds. The van der Waals surface area contributed by atoms with Crippen LogP contribution in [0.25, 0.3) is 5.57 Å². The molecule has 0 saturated heterocycles. The lowest BCUT2D eigenvalue weighted by Crippen LogP contribution is -1.94. The van der Waals surface area contributed by atoms with Crippen LogP contribution in [0.4, 0.5) is 0 Å². The summed E-state index contributed by atoms with van der Waals surface area (Å²) >= 11 is 0. The number of hydrogen-bond acceptors (Lipinski definition) is 0. The molecule has 0 radical (unpaired) electrons. The van der Waals surface area contributed by atoms with Crippen molar-refractivity contribution in [3.8, 4) is 0 Å². The van der Waals surface area contributed by atoms with Gasteiger partial charge in [0.1, 0.15) is 5.92 Å². The van der Waals surface area contributed by atoms with E-state index >= 15 is 0 Å². The molecule has 0 fully saturated rings. The van der Waals surface area contributed by atoms with E-state index in [0.29, 0.717) is 5.92 Å². The molecule has 3 rings (SSSR count). The lowest BCUT2D eigenvalue weighted by molar-refractivity contribution is 0.921. The highest BCUT2D eigenvalue weighted by molar-refractivity contribution is 5.76. The average Bonchev–Trinajstić information content (AvgIpc) is 2.57. The first kappa shape index (κ1) is 13.5. The van der Waals surface area contributed by atoms with Crippen LogP contribution in [0.1, 0.15) is 30.4 Å². The fourth-order valence-corrected chi connectivity index (χ4v) is 2.60. The molecule has 1 aliphatic rings. The van der Waals surface area contributed by atoms with Crippen molar-refractivity contribution in [3.05, 3.63) is 102 Å². The first-order valence-corrected chi connectivity index (χ1v) is 7.44. The van der Waals surface area contributed by atoms with E-state index in [1.807, 2.05) is 0 Å². The third-order valence-corrected chi connectivity index (χ3v) is 3.81. The highest BCUT2D eigenvalue weighted by Crippen LogP contribution is 2.26. The highest BCUT2D eigenvalue weighted by atomic mass is 14.1. The summed E-state index contributed by atoms with van der Waals surface area (Å²) in [6, 6.07) is 21.1. The van der Waals surface area contributed by atoms with Crippen LogP contribution in [-0.2, 0) is 0 Å². The summed E-state index contributed by atoms with van der Waals surface area (Å²) in [5.41, 5.74) is 5.17. The zero-order valence-corrected chi connectivity index (χ0v) is 12.3. The lowest BCUT2D eigenvalue weighted by Gasteiger charge is -2.05. The lowest BCUT2D eigenvalue weighted by atomic mass is 9.93. The van der Waals surface area contributed by atoms with E-state index in [0.717, 1.165) is 6.42 Å². The summed E-state index contributed by atoms with van der Waals surface area (Å²) in [4.78, 5) is 0. The Bertz CT molecular complexity index is 672. The molecule has 102 valence electrons. The minimum absolute atomic E-state index is 0.331. The van der Waals surface area contributed by atoms with Crippen LogP contribution in [-0.4, -0.2) is 0 Å². The van der Waals surface area contributed by atoms with Crippen LogP contribution in [0, 0.1) is 6.08 Å². The maximum atomic E-state index is 3.59. The van der Waals surface area contributed by atoms with Gasteiger partial charge in [0.05, 0.1) is 12.2 Å². The van der Waals surface area contributed by atoms with Gasteiger partial charge in [-0.15, -0.1) is 0 Å². The molecule has 0 spiro atoms. The van der Waals surface area contributed by atoms with E-state index in [4.69, 9.17) is 0 Å². The van der Waals surface area contributed by atoms with Crippen LogP contribution in [0.2, 0.25) is 0 Å². The quantitative estimate of drug-likeness (QED) is 0.641. The van der Waals surface area contributed by atoms with Crippen LogP contribution >= 0.6 is 0 Å². The number of allylic oxidation sites excluding steroid dienone is 6. The summed E-state index contributed by atoms with van der Waals surface area (Å²) in [5, 5.41) is 0. The zero-order valence-electron chi connectivity index (χ0n) is 12.3. The molecule has 1 unspecified atom stereocenters. The molecule has 0 saturated carbocycles. The Morgan fingerprint density at radius 1 is 0.857 bits per heavy atom. The molecule has 21 heavy (non-hydrogen) atoms. The third-order valence-electron chi connectivity index (χ3n) is 3.81. The molecular weight excluding hydrogens is 252 g/mol. The van der Waals surface area contributed by atoms with Gasteiger partial charge in [-0.2, -0.15) is 0 Å². The van der Waals surface area contributed by atoms with Gasteiger partial charge in [0, 0.05) is 12.5 Å². The largest absolute Gasteiger partial charge is 0.171 e. The minimum Gasteiger partial charge on any atom is -0.0660 e. The van der Waals surface area contributed by atoms with Crippen molar-refractivity contribution >= 4 is 5.57 Å². The molecule has 0 aliphatic heterocycles. The van der Waals surface area contributed by atoms with Gasteiger partial charge < -0.3 is 0 Å². The van der Waals surface area contributed by atoms with E-state index in [2.05, 4.69) is 91.9 Å². The maximum absolute atomic E-state index is 3.59. The summed E-state index contributed by atoms with van der Waals surface area (Å²) in [6.07, 6.45) is 11.2. The van der Waals surface area contributed by atoms with E-state index in [-0.39, 0.29) is 0 Å². The fraction of sp³-hybridized carbons (Fsp3) is 0.143. The number of benzene rings is 2. The maximum Gasteiger partial charge on any atom is 0.171 e. The van der Waals surface area contributed by atoms with E-state index in [9.17, 15) is 0 Å². The van der Waals surface area contributed by atoms with Crippen LogP contribution < -0.4 is 0 Å². The second kappa shape index (κ2) is 6.35. The van der Waals surface area contributed by atoms with Crippen molar-refractivity contribution in [2.45, 2.75) is 19.3 Å². The first-order chi connectivity index (χ1) is 10.3. The zero-order chi connectivity index (χ0) is 14.5. The van der Waals surface area contributed by atoms with E-state index in [1.54, 1.807) is 0 Å². The SMILES string of the molecule is CC([C+]=C1C=CC(c2ccccc2)=CC1)c1ccccc1. The molecule has 0 heterocycles. The monoisotopic (exact) mass is 271 g/mol. The van der Waals surface area contributed by atoms with Crippen molar-refractivity contribution in [1.82, 2.24) is 0 Å². The van der Waals surface area contributed by atoms with Gasteiger partial charge in [-0.25, -0.2) is 0 Å². The second-order valence-electron chi connectivity index (χ2n) is 5.36. The molecular formula is C21H19+. The molecule has 1 aliphatic carbocycles. The van der Waals surface area contributed by atoms with E-state index < -0.39 is 0 Å². The van der Waals surface area contributed by atoms with Gasteiger partial charge in [0.2, 0.25) is 0 Å². The Morgan fingerprint density at radius 2 is 1.52 bits per heavy atom. The Labute approximate surface area is 127 Å². The molecule has 2 aromatic rings. The van der Waals surface area contributed by atoms with Gasteiger partial charge in [0.15, 0.2) is 5.57 Å². The molecule has 2 aromatic carbocycles. The Morgan fingerprint density at radius 3 is 2.14 bits per heavy atom. The van der Waals surface area contributed by atoms with Gasteiger partial charge in [0.25, 0.3) is 0 Å². The standard InChI is InChI=1S/C21H19/c1-17(19-8-4-2-5-9-19)16-18-12-14-21(15-13-18)20-10-6-3-7-11-20/h2-12,14-15,17H,13H2,1H3/q+1. The molecule has 0 aromatic heterocycles. The second-order valence-corrected chi connectivity index (χ2v) is 5.36. The first-order valence-electron chi connectivity index (χ1n) is 7.44. The van der Waals surface area contributed by atoms with E-state index in [1.165, 1.54) is 22.3 Å². The molecule has 0 nitrogen and oxygen atoms in total. The minimum atomic E-state index is 0.331. The predicted octanol–water partition coefficient (Wildman–Crippen LogP) is 5.56. The van der Waals surface area contributed by atoms with Gasteiger partial charge in [-0.1, -0.05) is 66.7 Å². The number of hydrogen-bond donors (Lipinski definition) is 0. The molecule has 0 bridgehead atoms. The van der Waals surface area contributed by atoms with Gasteiger partial charge >= 0.3 is 0 Å². The highest BCUT2D eigenvalue weighted by Gasteiger charge is 2.15. The summed E-state index contributed by atoms with van der Waals surface area (Å²) < 4.78 is 0. The third kappa shape index (κ3) is 3.37. The summed E-state index contributed by atoms with van der Waals surface area (Å²) in [6.45, 7) is 2.20. The Hall–Kier alpha value is -2.43. The van der Waals surface area contributed by atoms with Crippen molar-refractivity contribution in [3.63, 3.8) is 0 Å². The smallest absolute Gasteiger partial charge is 0.0660 e. The predicted molar refractivity (Wildman–Crippen MR) is 89.8 cm³/mol. The molecule has 0 N–H and O–H groups in total. The topological polar surface area (TPSA) is 0 Å². The summed E-state index contributed by atoms with van der Waals surface area (Å²) in [5.74, 6) is 0.331. The summed E-state index contributed by atoms with van der Waals surface area (Å²) in [7, 11) is 0. The Balaban J connectivity index is 1.73. The Kier molecular flexibility index (Phi) is 4.09. The van der Waals surface area contributed by atoms with Gasteiger partial charge in [-0.05, 0) is 23.6 Å². The van der Waals surface area contributed by atoms with Crippen molar-refractivity contribution in [1.29, 1.82) is 0 Å². The van der Waals surface area contributed by atoms with Gasteiger partial charge in [-0.3, -0.25) is 0 Å². The fourth-order valence-electron chi connectivity index (χ4n) is 2.60. The average molecular weight is 271 g/mol. The van der Waals surface area contributed by atoms with Crippen molar-refractivity contribution < 1.29 is 0 Å². The van der Waals surface area contributed by atoms with Crippen molar-refractivity contribution in [2.24, 2.45) is 0 Å². The van der Waals surface area contributed by atoms with Crippen LogP contribution in [0.5, 0.6) is 0 Å². The van der Waals surface area contributed by atoms with Crippen LogP contribution in [0.3, 0.4) is 0 Å². The normalized spacial score (nSPS) is 17.2. The van der Waals surface area contributed by atoms with Crippen molar-refractivity contribution in [2.75, 3.05) is 0 Å². The molecule has 1 atom stereocenters.